The number of hydrogen-bond donors (Lipinski definition) is 6. The van der Waals surface area contributed by atoms with Gasteiger partial charge < -0.3 is 37.8 Å². The van der Waals surface area contributed by atoms with Gasteiger partial charge in [-0.1, -0.05) is 34.1 Å². The highest BCUT2D eigenvalue weighted by Crippen LogP contribution is 2.21. The fourth-order valence-corrected chi connectivity index (χ4v) is 4.00. The smallest absolute Gasteiger partial charge is 0.326 e. The molecule has 0 aromatic carbocycles. The molecule has 200 valence electrons. The maximum Gasteiger partial charge on any atom is 0.326 e. The van der Waals surface area contributed by atoms with Gasteiger partial charge in [-0.25, -0.2) is 4.79 Å². The molecule has 0 aliphatic carbocycles. The number of carbonyl (C=O) groups is 4. The van der Waals surface area contributed by atoms with Gasteiger partial charge in [0.2, 0.25) is 17.7 Å². The fourth-order valence-electron chi connectivity index (χ4n) is 4.00. The molecule has 9 N–H and O–H groups in total. The van der Waals surface area contributed by atoms with E-state index in [0.29, 0.717) is 32.2 Å². The standard InChI is InChI=1S/C23H43N7O5/c1-5-14(4)18(24)21(33)30-11-7-9-17(30)20(32)29-16(12-13(2)3)19(31)28-15(22(34)35)8-6-10-27-23(25)26/h13-18H,5-12,24H2,1-4H3,(H,28,31)(H,29,32)(H,34,35)(H4,25,26,27). The van der Waals surface area contributed by atoms with Crippen molar-refractivity contribution in [3.8, 4) is 0 Å². The van der Waals surface area contributed by atoms with Crippen LogP contribution < -0.4 is 27.8 Å². The van der Waals surface area contributed by atoms with Gasteiger partial charge >= 0.3 is 5.97 Å². The number of nitrogens with zero attached hydrogens (tertiary/aromatic N) is 2. The van der Waals surface area contributed by atoms with Crippen LogP contribution >= 0.6 is 0 Å². The van der Waals surface area contributed by atoms with Crippen LogP contribution in [0.5, 0.6) is 0 Å². The summed E-state index contributed by atoms with van der Waals surface area (Å²) in [5.74, 6) is -2.55. The molecule has 12 heteroatoms. The van der Waals surface area contributed by atoms with Gasteiger partial charge in [0.25, 0.3) is 0 Å². The number of amides is 3. The first kappa shape index (κ1) is 30.1. The van der Waals surface area contributed by atoms with E-state index in [1.165, 1.54) is 4.90 Å². The average molecular weight is 498 g/mol. The van der Waals surface area contributed by atoms with E-state index < -0.39 is 42.0 Å². The zero-order valence-corrected chi connectivity index (χ0v) is 21.3. The molecular formula is C23H43N7O5. The number of carbonyl (C=O) groups excluding carboxylic acids is 3. The van der Waals surface area contributed by atoms with Crippen molar-refractivity contribution in [2.45, 2.75) is 90.4 Å². The number of aliphatic carboxylic acids is 1. The van der Waals surface area contributed by atoms with Crippen molar-refractivity contribution in [2.75, 3.05) is 13.1 Å². The lowest BCUT2D eigenvalue weighted by atomic mass is 9.98. The van der Waals surface area contributed by atoms with Crippen LogP contribution in [-0.2, 0) is 19.2 Å². The number of nitrogens with one attached hydrogen (secondary N) is 2. The van der Waals surface area contributed by atoms with Crippen molar-refractivity contribution < 1.29 is 24.3 Å². The molecule has 12 nitrogen and oxygen atoms in total. The second kappa shape index (κ2) is 14.5. The summed E-state index contributed by atoms with van der Waals surface area (Å²) in [7, 11) is 0. The van der Waals surface area contributed by atoms with E-state index in [2.05, 4.69) is 15.6 Å². The summed E-state index contributed by atoms with van der Waals surface area (Å²) in [5, 5.41) is 14.8. The minimum atomic E-state index is -1.19. The zero-order valence-electron chi connectivity index (χ0n) is 21.3. The van der Waals surface area contributed by atoms with Crippen molar-refractivity contribution in [2.24, 2.45) is 34.0 Å². The Kier molecular flexibility index (Phi) is 12.5. The van der Waals surface area contributed by atoms with Gasteiger partial charge in [-0.3, -0.25) is 19.4 Å². The Balaban J connectivity index is 2.89. The third-order valence-electron chi connectivity index (χ3n) is 6.28. The molecule has 1 aliphatic heterocycles. The molecule has 1 heterocycles. The average Bonchev–Trinajstić information content (AvgIpc) is 3.28. The zero-order chi connectivity index (χ0) is 26.7. The Labute approximate surface area is 207 Å². The molecule has 5 atom stereocenters. The number of likely N-dealkylation sites (tertiary alicyclic amines) is 1. The molecule has 1 fully saturated rings. The number of aliphatic imine (C=N–C) groups is 1. The van der Waals surface area contributed by atoms with E-state index >= 15 is 0 Å². The van der Waals surface area contributed by atoms with E-state index in [0.717, 1.165) is 6.42 Å². The largest absolute Gasteiger partial charge is 0.480 e. The summed E-state index contributed by atoms with van der Waals surface area (Å²) in [6, 6.07) is -3.50. The summed E-state index contributed by atoms with van der Waals surface area (Å²) in [6.07, 6.45) is 2.67. The Morgan fingerprint density at radius 2 is 1.77 bits per heavy atom. The lowest BCUT2D eigenvalue weighted by Crippen LogP contribution is -2.57. The van der Waals surface area contributed by atoms with Crippen molar-refractivity contribution in [3.63, 3.8) is 0 Å². The van der Waals surface area contributed by atoms with Crippen LogP contribution in [0.3, 0.4) is 0 Å². The molecule has 0 spiro atoms. The molecular weight excluding hydrogens is 454 g/mol. The highest BCUT2D eigenvalue weighted by atomic mass is 16.4. The molecule has 0 bridgehead atoms. The Hall–Kier alpha value is -2.89. The summed E-state index contributed by atoms with van der Waals surface area (Å²) in [4.78, 5) is 56.0. The molecule has 0 aromatic heterocycles. The van der Waals surface area contributed by atoms with Crippen LogP contribution in [0, 0.1) is 11.8 Å². The van der Waals surface area contributed by atoms with Gasteiger partial charge in [0.1, 0.15) is 18.1 Å². The lowest BCUT2D eigenvalue weighted by Gasteiger charge is -2.30. The summed E-state index contributed by atoms with van der Waals surface area (Å²) in [6.45, 7) is 8.30. The minimum absolute atomic E-state index is 0.0220. The van der Waals surface area contributed by atoms with Gasteiger partial charge in [-0.2, -0.15) is 0 Å². The minimum Gasteiger partial charge on any atom is -0.480 e. The van der Waals surface area contributed by atoms with Crippen LogP contribution in [0.1, 0.15) is 66.2 Å². The Bertz CT molecular complexity index is 769. The van der Waals surface area contributed by atoms with E-state index in [1.54, 1.807) is 0 Å². The van der Waals surface area contributed by atoms with Crippen LogP contribution in [-0.4, -0.2) is 76.9 Å². The van der Waals surface area contributed by atoms with E-state index in [-0.39, 0.29) is 36.7 Å². The summed E-state index contributed by atoms with van der Waals surface area (Å²) in [5.41, 5.74) is 16.7. The first-order chi connectivity index (χ1) is 16.4. The molecule has 0 radical (unpaired) electrons. The first-order valence-corrected chi connectivity index (χ1v) is 12.3. The molecule has 1 aliphatic rings. The predicted octanol–water partition coefficient (Wildman–Crippen LogP) is -0.495. The molecule has 3 amide bonds. The normalized spacial score (nSPS) is 18.9. The van der Waals surface area contributed by atoms with Gasteiger partial charge in [0, 0.05) is 13.1 Å². The number of nitrogens with two attached hydrogens (primary N) is 3. The van der Waals surface area contributed by atoms with Crippen LogP contribution in [0.25, 0.3) is 0 Å². The third kappa shape index (κ3) is 9.71. The number of carboxylic acid groups (broad SMARTS) is 1. The van der Waals surface area contributed by atoms with Crippen molar-refractivity contribution in [1.29, 1.82) is 0 Å². The second-order valence-electron chi connectivity index (χ2n) is 9.64. The van der Waals surface area contributed by atoms with Crippen LogP contribution in [0.4, 0.5) is 0 Å². The monoisotopic (exact) mass is 497 g/mol. The van der Waals surface area contributed by atoms with Gasteiger partial charge in [0.15, 0.2) is 5.96 Å². The van der Waals surface area contributed by atoms with Gasteiger partial charge in [0.05, 0.1) is 6.04 Å². The highest BCUT2D eigenvalue weighted by molar-refractivity contribution is 5.94. The molecule has 35 heavy (non-hydrogen) atoms. The number of rotatable bonds is 14. The van der Waals surface area contributed by atoms with E-state index in [1.807, 2.05) is 27.7 Å². The molecule has 0 saturated carbocycles. The lowest BCUT2D eigenvalue weighted by molar-refractivity contribution is -0.143. The Morgan fingerprint density at radius 1 is 1.11 bits per heavy atom. The quantitative estimate of drug-likeness (QED) is 0.104. The number of guanidine groups is 1. The number of carboxylic acids is 1. The third-order valence-corrected chi connectivity index (χ3v) is 6.28. The molecule has 1 rings (SSSR count). The number of hydrogen-bond acceptors (Lipinski definition) is 6. The fraction of sp³-hybridized carbons (Fsp3) is 0.783. The predicted molar refractivity (Wildman–Crippen MR) is 133 cm³/mol. The van der Waals surface area contributed by atoms with Gasteiger partial charge in [-0.05, 0) is 43.9 Å². The van der Waals surface area contributed by atoms with E-state index in [9.17, 15) is 24.3 Å². The summed E-state index contributed by atoms with van der Waals surface area (Å²) < 4.78 is 0. The SMILES string of the molecule is CCC(C)C(N)C(=O)N1CCCC1C(=O)NC(CC(C)C)C(=O)NC(CCCN=C(N)N)C(=O)O. The van der Waals surface area contributed by atoms with Gasteiger partial charge in [-0.15, -0.1) is 0 Å². The molecule has 5 unspecified atom stereocenters. The van der Waals surface area contributed by atoms with Crippen LogP contribution in [0.2, 0.25) is 0 Å². The highest BCUT2D eigenvalue weighted by Gasteiger charge is 2.38. The maximum absolute atomic E-state index is 13.1. The maximum atomic E-state index is 13.1. The van der Waals surface area contributed by atoms with E-state index in [4.69, 9.17) is 17.2 Å². The summed E-state index contributed by atoms with van der Waals surface area (Å²) >= 11 is 0. The van der Waals surface area contributed by atoms with Crippen LogP contribution in [0.15, 0.2) is 4.99 Å². The molecule has 1 saturated heterocycles. The Morgan fingerprint density at radius 3 is 2.31 bits per heavy atom. The van der Waals surface area contributed by atoms with Crippen molar-refractivity contribution in [3.05, 3.63) is 0 Å². The second-order valence-corrected chi connectivity index (χ2v) is 9.64. The van der Waals surface area contributed by atoms with Crippen molar-refractivity contribution in [1.82, 2.24) is 15.5 Å². The topological polar surface area (TPSA) is 206 Å². The molecule has 0 aromatic rings. The first-order valence-electron chi connectivity index (χ1n) is 12.3. The van der Waals surface area contributed by atoms with Crippen molar-refractivity contribution >= 4 is 29.7 Å².